The lowest BCUT2D eigenvalue weighted by atomic mass is 10.1. The summed E-state index contributed by atoms with van der Waals surface area (Å²) >= 11 is 0. The van der Waals surface area contributed by atoms with E-state index in [4.69, 9.17) is 4.74 Å². The van der Waals surface area contributed by atoms with Gasteiger partial charge in [-0.15, -0.1) is 0 Å². The van der Waals surface area contributed by atoms with E-state index in [9.17, 15) is 4.79 Å². The largest absolute Gasteiger partial charge is 0.491 e. The van der Waals surface area contributed by atoms with Crippen molar-refractivity contribution in [2.75, 3.05) is 32.8 Å². The van der Waals surface area contributed by atoms with Crippen molar-refractivity contribution in [2.45, 2.75) is 38.8 Å². The molecule has 2 amide bonds. The smallest absolute Gasteiger partial charge is 0.317 e. The molecule has 5 heteroatoms. The first-order valence-corrected chi connectivity index (χ1v) is 8.71. The number of nitrogens with zero attached hydrogens (tertiary/aromatic N) is 2. The molecule has 1 aromatic rings. The predicted octanol–water partition coefficient (Wildman–Crippen LogP) is 2.46. The van der Waals surface area contributed by atoms with Crippen LogP contribution in [-0.2, 0) is 6.54 Å². The second-order valence-corrected chi connectivity index (χ2v) is 6.51. The molecule has 1 atom stereocenters. The van der Waals surface area contributed by atoms with Gasteiger partial charge in [-0.2, -0.15) is 0 Å². The second kappa shape index (κ2) is 7.68. The van der Waals surface area contributed by atoms with Gasteiger partial charge >= 0.3 is 6.03 Å². The van der Waals surface area contributed by atoms with Crippen LogP contribution in [0.2, 0.25) is 0 Å². The highest BCUT2D eigenvalue weighted by Crippen LogP contribution is 2.22. The summed E-state index contributed by atoms with van der Waals surface area (Å²) in [5.74, 6) is 0.893. The Balaban J connectivity index is 1.52. The van der Waals surface area contributed by atoms with Crippen LogP contribution in [0.4, 0.5) is 4.79 Å². The van der Waals surface area contributed by atoms with E-state index in [1.165, 1.54) is 19.3 Å². The monoisotopic (exact) mass is 317 g/mol. The number of para-hydroxylation sites is 1. The fraction of sp³-hybridized carbons (Fsp3) is 0.611. The van der Waals surface area contributed by atoms with Crippen LogP contribution >= 0.6 is 0 Å². The van der Waals surface area contributed by atoms with Gasteiger partial charge in [-0.1, -0.05) is 24.6 Å². The normalized spacial score (nSPS) is 20.1. The molecule has 0 saturated carbocycles. The molecule has 1 saturated heterocycles. The molecule has 0 bridgehead atoms. The molecule has 1 N–H and O–H groups in total. The molecule has 0 aromatic heterocycles. The zero-order chi connectivity index (χ0) is 16.1. The van der Waals surface area contributed by atoms with Gasteiger partial charge in [-0.25, -0.2) is 4.79 Å². The van der Waals surface area contributed by atoms with Crippen molar-refractivity contribution in [3.63, 3.8) is 0 Å². The summed E-state index contributed by atoms with van der Waals surface area (Å²) in [6.07, 6.45) is 3.89. The minimum atomic E-state index is 0.00848. The average Bonchev–Trinajstić information content (AvgIpc) is 2.82. The van der Waals surface area contributed by atoms with Crippen LogP contribution in [0.5, 0.6) is 5.75 Å². The third-order valence-electron chi connectivity index (χ3n) is 4.80. The molecule has 2 heterocycles. The number of fused-ring (bicyclic) bond motifs is 1. The van der Waals surface area contributed by atoms with Gasteiger partial charge in [0.1, 0.15) is 12.4 Å². The lowest BCUT2D eigenvalue weighted by Gasteiger charge is -2.33. The molecule has 2 aliphatic rings. The van der Waals surface area contributed by atoms with E-state index in [1.807, 2.05) is 29.2 Å². The lowest BCUT2D eigenvalue weighted by molar-refractivity contribution is 0.160. The Morgan fingerprint density at radius 1 is 1.22 bits per heavy atom. The first kappa shape index (κ1) is 16.1. The molecular formula is C18H27N3O2. The number of likely N-dealkylation sites (tertiary alicyclic amines) is 1. The number of ether oxygens (including phenoxy) is 1. The van der Waals surface area contributed by atoms with E-state index >= 15 is 0 Å². The molecule has 0 unspecified atom stereocenters. The molecule has 0 radical (unpaired) electrons. The van der Waals surface area contributed by atoms with Crippen molar-refractivity contribution in [2.24, 2.45) is 0 Å². The van der Waals surface area contributed by atoms with Gasteiger partial charge in [0, 0.05) is 18.2 Å². The number of hydrogen-bond acceptors (Lipinski definition) is 3. The third kappa shape index (κ3) is 4.16. The molecule has 0 spiro atoms. The van der Waals surface area contributed by atoms with Crippen LogP contribution in [0.3, 0.4) is 0 Å². The topological polar surface area (TPSA) is 44.8 Å². The summed E-state index contributed by atoms with van der Waals surface area (Å²) < 4.78 is 5.72. The maximum atomic E-state index is 12.5. The molecule has 126 valence electrons. The van der Waals surface area contributed by atoms with Gasteiger partial charge in [0.2, 0.25) is 0 Å². The summed E-state index contributed by atoms with van der Waals surface area (Å²) in [6.45, 7) is 7.00. The number of amides is 2. The van der Waals surface area contributed by atoms with Crippen molar-refractivity contribution in [3.8, 4) is 5.75 Å². The van der Waals surface area contributed by atoms with Crippen LogP contribution in [-0.4, -0.2) is 54.7 Å². The summed E-state index contributed by atoms with van der Waals surface area (Å²) in [6, 6.07) is 8.35. The minimum absolute atomic E-state index is 0.00848. The zero-order valence-electron chi connectivity index (χ0n) is 14.0. The summed E-state index contributed by atoms with van der Waals surface area (Å²) in [4.78, 5) is 16.8. The SMILES string of the molecule is C[C@H](CNC(=O)N1CCOc2ccccc2C1)N1CCCCC1. The number of urea groups is 1. The van der Waals surface area contributed by atoms with E-state index in [2.05, 4.69) is 17.1 Å². The minimum Gasteiger partial charge on any atom is -0.491 e. The number of carbonyl (C=O) groups is 1. The Labute approximate surface area is 138 Å². The fourth-order valence-electron chi connectivity index (χ4n) is 3.33. The van der Waals surface area contributed by atoms with E-state index in [0.717, 1.165) is 24.4 Å². The molecular weight excluding hydrogens is 290 g/mol. The van der Waals surface area contributed by atoms with E-state index < -0.39 is 0 Å². The van der Waals surface area contributed by atoms with Gasteiger partial charge in [-0.3, -0.25) is 4.90 Å². The molecule has 2 aliphatic heterocycles. The van der Waals surface area contributed by atoms with Gasteiger partial charge in [0.05, 0.1) is 13.1 Å². The standard InChI is InChI=1S/C18H27N3O2/c1-15(20-9-5-2-6-10-20)13-19-18(22)21-11-12-23-17-8-4-3-7-16(17)14-21/h3-4,7-8,15H,2,5-6,9-14H2,1H3,(H,19,22)/t15-/m1/s1. The van der Waals surface area contributed by atoms with Gasteiger partial charge in [0.15, 0.2) is 0 Å². The summed E-state index contributed by atoms with van der Waals surface area (Å²) in [7, 11) is 0. The Morgan fingerprint density at radius 3 is 2.83 bits per heavy atom. The number of benzene rings is 1. The molecule has 3 rings (SSSR count). The number of piperidine rings is 1. The van der Waals surface area contributed by atoms with E-state index in [1.54, 1.807) is 0 Å². The van der Waals surface area contributed by atoms with Crippen LogP contribution in [0.25, 0.3) is 0 Å². The number of carbonyl (C=O) groups excluding carboxylic acids is 1. The number of hydrogen-bond donors (Lipinski definition) is 1. The number of rotatable bonds is 3. The third-order valence-corrected chi connectivity index (χ3v) is 4.80. The predicted molar refractivity (Wildman–Crippen MR) is 90.6 cm³/mol. The molecule has 1 fully saturated rings. The average molecular weight is 317 g/mol. The molecule has 1 aromatic carbocycles. The van der Waals surface area contributed by atoms with Gasteiger partial charge in [-0.05, 0) is 38.9 Å². The molecule has 5 nitrogen and oxygen atoms in total. The molecule has 23 heavy (non-hydrogen) atoms. The van der Waals surface area contributed by atoms with Crippen LogP contribution in [0.1, 0.15) is 31.7 Å². The lowest BCUT2D eigenvalue weighted by Crippen LogP contribution is -2.48. The van der Waals surface area contributed by atoms with Crippen LogP contribution in [0, 0.1) is 0 Å². The maximum absolute atomic E-state index is 12.5. The Morgan fingerprint density at radius 2 is 2.00 bits per heavy atom. The Hall–Kier alpha value is -1.75. The highest BCUT2D eigenvalue weighted by atomic mass is 16.5. The van der Waals surface area contributed by atoms with Crippen molar-refractivity contribution in [1.82, 2.24) is 15.1 Å². The van der Waals surface area contributed by atoms with Crippen molar-refractivity contribution in [3.05, 3.63) is 29.8 Å². The highest BCUT2D eigenvalue weighted by molar-refractivity contribution is 5.74. The van der Waals surface area contributed by atoms with Crippen LogP contribution in [0.15, 0.2) is 24.3 Å². The summed E-state index contributed by atoms with van der Waals surface area (Å²) in [5, 5.41) is 3.10. The summed E-state index contributed by atoms with van der Waals surface area (Å²) in [5.41, 5.74) is 1.07. The van der Waals surface area contributed by atoms with E-state index in [0.29, 0.717) is 32.3 Å². The number of nitrogens with one attached hydrogen (secondary N) is 1. The van der Waals surface area contributed by atoms with E-state index in [-0.39, 0.29) is 6.03 Å². The van der Waals surface area contributed by atoms with Crippen molar-refractivity contribution in [1.29, 1.82) is 0 Å². The molecule has 0 aliphatic carbocycles. The van der Waals surface area contributed by atoms with Crippen molar-refractivity contribution >= 4 is 6.03 Å². The highest BCUT2D eigenvalue weighted by Gasteiger charge is 2.21. The van der Waals surface area contributed by atoms with Crippen molar-refractivity contribution < 1.29 is 9.53 Å². The Kier molecular flexibility index (Phi) is 5.39. The quantitative estimate of drug-likeness (QED) is 0.931. The first-order chi connectivity index (χ1) is 11.2. The fourth-order valence-corrected chi connectivity index (χ4v) is 3.33. The van der Waals surface area contributed by atoms with Crippen LogP contribution < -0.4 is 10.1 Å². The van der Waals surface area contributed by atoms with Gasteiger partial charge < -0.3 is 15.0 Å². The second-order valence-electron chi connectivity index (χ2n) is 6.51. The zero-order valence-corrected chi connectivity index (χ0v) is 14.0. The first-order valence-electron chi connectivity index (χ1n) is 8.71. The Bertz CT molecular complexity index is 529. The van der Waals surface area contributed by atoms with Gasteiger partial charge in [0.25, 0.3) is 0 Å². The maximum Gasteiger partial charge on any atom is 0.317 e.